The zero-order chi connectivity index (χ0) is 28.6. The third-order valence-electron chi connectivity index (χ3n) is 5.38. The van der Waals surface area contributed by atoms with E-state index in [1.165, 1.54) is 36.7 Å². The first-order chi connectivity index (χ1) is 17.4. The number of amides is 2. The number of halogens is 5. The number of aryl methyl sites for hydroxylation is 1. The molecule has 0 spiro atoms. The summed E-state index contributed by atoms with van der Waals surface area (Å²) < 4.78 is 60.2. The number of hydrogen-bond donors (Lipinski definition) is 3. The summed E-state index contributed by atoms with van der Waals surface area (Å²) in [7, 11) is -2.96. The zero-order valence-electron chi connectivity index (χ0n) is 20.7. The van der Waals surface area contributed by atoms with Crippen molar-refractivity contribution in [1.29, 1.82) is 4.78 Å². The van der Waals surface area contributed by atoms with Gasteiger partial charge in [-0.2, -0.15) is 18.3 Å². The van der Waals surface area contributed by atoms with Crippen LogP contribution in [-0.2, 0) is 14.5 Å². The summed E-state index contributed by atoms with van der Waals surface area (Å²) in [6.45, 7) is 4.73. The summed E-state index contributed by atoms with van der Waals surface area (Å²) in [6, 6.07) is 4.17. The number of nitrogens with zero attached hydrogens (tertiary/aromatic N) is 3. The number of anilines is 2. The number of aromatic nitrogens is 1. The molecule has 0 aliphatic carbocycles. The van der Waals surface area contributed by atoms with Crippen LogP contribution in [0.4, 0.5) is 24.7 Å². The number of pyridine rings is 1. The Kier molecular flexibility index (Phi) is 8.35. The van der Waals surface area contributed by atoms with Crippen LogP contribution in [0.3, 0.4) is 0 Å². The van der Waals surface area contributed by atoms with Crippen molar-refractivity contribution < 1.29 is 27.0 Å². The van der Waals surface area contributed by atoms with Gasteiger partial charge in [-0.25, -0.2) is 9.99 Å². The molecule has 2 aromatic rings. The van der Waals surface area contributed by atoms with E-state index >= 15 is 0 Å². The molecule has 0 bridgehead atoms. The zero-order valence-corrected chi connectivity index (χ0v) is 23.1. The molecule has 2 amide bonds. The van der Waals surface area contributed by atoms with Gasteiger partial charge in [-0.3, -0.25) is 18.6 Å². The van der Waals surface area contributed by atoms with E-state index in [0.29, 0.717) is 5.56 Å². The average molecular weight is 593 g/mol. The Hall–Kier alpha value is -2.90. The highest BCUT2D eigenvalue weighted by Crippen LogP contribution is 2.35. The van der Waals surface area contributed by atoms with Gasteiger partial charge >= 0.3 is 6.18 Å². The molecule has 3 rings (SSSR count). The molecular formula is C23H25Cl2F3N6O3S. The van der Waals surface area contributed by atoms with Gasteiger partial charge in [-0.15, -0.1) is 0 Å². The smallest absolute Gasteiger partial charge is 0.346 e. The monoisotopic (exact) mass is 592 g/mol. The van der Waals surface area contributed by atoms with E-state index in [1.807, 2.05) is 0 Å². The van der Waals surface area contributed by atoms with Gasteiger partial charge in [0, 0.05) is 39.2 Å². The number of rotatable bonds is 7. The molecule has 206 valence electrons. The number of benzene rings is 1. The molecule has 1 aliphatic heterocycles. The van der Waals surface area contributed by atoms with Crippen LogP contribution in [0.15, 0.2) is 35.6 Å². The first kappa shape index (κ1) is 29.7. The van der Waals surface area contributed by atoms with Gasteiger partial charge in [0.2, 0.25) is 5.91 Å². The van der Waals surface area contributed by atoms with Crippen molar-refractivity contribution in [3.8, 4) is 0 Å². The van der Waals surface area contributed by atoms with E-state index in [-0.39, 0.29) is 32.9 Å². The number of hydrogen-bond acceptors (Lipinski definition) is 7. The molecule has 2 unspecified atom stereocenters. The largest absolute Gasteiger partial charge is 0.431 e. The maximum Gasteiger partial charge on any atom is 0.431 e. The molecule has 38 heavy (non-hydrogen) atoms. The number of alkyl halides is 3. The fourth-order valence-electron chi connectivity index (χ4n) is 4.02. The Balaban J connectivity index is 1.97. The SMILES string of the molecule is Cc1cc(Cl)cc(C(=O)NC(C)(C)CS(C)(=N)=O)c1NC(=O)C1CC(C(F)(F)F)=NN1c1ncccc1Cl. The van der Waals surface area contributed by atoms with Crippen LogP contribution in [0.5, 0.6) is 0 Å². The van der Waals surface area contributed by atoms with Gasteiger partial charge in [0.25, 0.3) is 5.91 Å². The molecule has 2 heterocycles. The Bertz CT molecular complexity index is 1410. The lowest BCUT2D eigenvalue weighted by molar-refractivity contribution is -0.117. The molecule has 1 aromatic carbocycles. The van der Waals surface area contributed by atoms with Crippen LogP contribution >= 0.6 is 23.2 Å². The highest BCUT2D eigenvalue weighted by atomic mass is 35.5. The first-order valence-electron chi connectivity index (χ1n) is 11.1. The molecule has 0 radical (unpaired) electrons. The number of carbonyl (C=O) groups excluding carboxylic acids is 2. The molecule has 0 saturated carbocycles. The van der Waals surface area contributed by atoms with Crippen molar-refractivity contribution >= 4 is 62.0 Å². The average Bonchev–Trinajstić information content (AvgIpc) is 3.19. The predicted octanol–water partition coefficient (Wildman–Crippen LogP) is 5.02. The second kappa shape index (κ2) is 10.7. The Morgan fingerprint density at radius 3 is 2.50 bits per heavy atom. The number of hydrazone groups is 1. The molecule has 0 fully saturated rings. The lowest BCUT2D eigenvalue weighted by Crippen LogP contribution is -2.48. The van der Waals surface area contributed by atoms with Gasteiger partial charge in [0.15, 0.2) is 5.82 Å². The van der Waals surface area contributed by atoms with Gasteiger partial charge in [-0.1, -0.05) is 23.2 Å². The second-order valence-corrected chi connectivity index (χ2v) is 12.7. The highest BCUT2D eigenvalue weighted by molar-refractivity contribution is 7.91. The third kappa shape index (κ3) is 7.14. The normalized spacial score (nSPS) is 17.6. The van der Waals surface area contributed by atoms with Crippen molar-refractivity contribution in [3.05, 3.63) is 51.6 Å². The van der Waals surface area contributed by atoms with Crippen LogP contribution in [-0.4, -0.2) is 56.5 Å². The summed E-state index contributed by atoms with van der Waals surface area (Å²) in [5.74, 6) is -1.87. The minimum Gasteiger partial charge on any atom is -0.346 e. The summed E-state index contributed by atoms with van der Waals surface area (Å²) in [5.41, 5.74) is -1.93. The van der Waals surface area contributed by atoms with Crippen LogP contribution in [0.25, 0.3) is 0 Å². The van der Waals surface area contributed by atoms with E-state index < -0.39 is 51.4 Å². The first-order valence-corrected chi connectivity index (χ1v) is 14.0. The molecule has 3 N–H and O–H groups in total. The third-order valence-corrected chi connectivity index (χ3v) is 7.16. The van der Waals surface area contributed by atoms with Gasteiger partial charge in [-0.05, 0) is 50.6 Å². The molecule has 0 saturated heterocycles. The maximum absolute atomic E-state index is 13.5. The molecular weight excluding hydrogens is 568 g/mol. The fraction of sp³-hybridized carbons (Fsp3) is 0.391. The number of nitrogens with one attached hydrogen (secondary N) is 3. The van der Waals surface area contributed by atoms with Gasteiger partial charge in [0.1, 0.15) is 11.8 Å². The van der Waals surface area contributed by atoms with Crippen molar-refractivity contribution in [1.82, 2.24) is 10.3 Å². The van der Waals surface area contributed by atoms with Crippen molar-refractivity contribution in [2.45, 2.75) is 44.9 Å². The maximum atomic E-state index is 13.5. The van der Waals surface area contributed by atoms with Crippen LogP contribution < -0.4 is 15.6 Å². The van der Waals surface area contributed by atoms with Crippen molar-refractivity contribution in [3.63, 3.8) is 0 Å². The van der Waals surface area contributed by atoms with Crippen LogP contribution in [0.2, 0.25) is 10.0 Å². The summed E-state index contributed by atoms with van der Waals surface area (Å²) in [6.07, 6.45) is -3.03. The second-order valence-electron chi connectivity index (χ2n) is 9.54. The standard InChI is InChI=1S/C23H25Cl2F3N6O3S/c1-12-8-13(24)9-14(20(35)32-22(2,3)11-38(4,29)37)18(12)31-21(36)16-10-17(23(26,27)28)33-34(16)19-15(25)6-5-7-30-19/h5-9,16,29H,10-11H2,1-4H3,(H,31,36)(H,32,35). The van der Waals surface area contributed by atoms with Crippen molar-refractivity contribution in [2.75, 3.05) is 22.3 Å². The van der Waals surface area contributed by atoms with E-state index in [0.717, 1.165) is 5.01 Å². The van der Waals surface area contributed by atoms with E-state index in [1.54, 1.807) is 20.8 Å². The van der Waals surface area contributed by atoms with Crippen LogP contribution in [0.1, 0.15) is 36.2 Å². The Labute approximate surface area is 227 Å². The minimum absolute atomic E-state index is 0.00987. The predicted molar refractivity (Wildman–Crippen MR) is 142 cm³/mol. The van der Waals surface area contributed by atoms with Gasteiger partial charge < -0.3 is 10.6 Å². The van der Waals surface area contributed by atoms with Crippen molar-refractivity contribution in [2.24, 2.45) is 5.10 Å². The van der Waals surface area contributed by atoms with Crippen LogP contribution in [0, 0.1) is 11.7 Å². The summed E-state index contributed by atoms with van der Waals surface area (Å²) >= 11 is 12.3. The quantitative estimate of drug-likeness (QED) is 0.416. The summed E-state index contributed by atoms with van der Waals surface area (Å²) in [4.78, 5) is 30.6. The Morgan fingerprint density at radius 2 is 1.92 bits per heavy atom. The summed E-state index contributed by atoms with van der Waals surface area (Å²) in [5, 5.41) is 9.78. The fourth-order valence-corrected chi connectivity index (χ4v) is 5.95. The van der Waals surface area contributed by atoms with Gasteiger partial charge in [0.05, 0.1) is 22.0 Å². The number of carbonyl (C=O) groups is 2. The lowest BCUT2D eigenvalue weighted by Gasteiger charge is -2.27. The topological polar surface area (TPSA) is 128 Å². The molecule has 9 nitrogen and oxygen atoms in total. The van der Waals surface area contributed by atoms with E-state index in [9.17, 15) is 27.0 Å². The van der Waals surface area contributed by atoms with E-state index in [2.05, 4.69) is 20.7 Å². The molecule has 1 aromatic heterocycles. The molecule has 15 heteroatoms. The highest BCUT2D eigenvalue weighted by Gasteiger charge is 2.46. The molecule has 1 aliphatic rings. The minimum atomic E-state index is -4.79. The molecule has 2 atom stereocenters. The lowest BCUT2D eigenvalue weighted by atomic mass is 10.0. The Morgan fingerprint density at radius 1 is 1.26 bits per heavy atom. The van der Waals surface area contributed by atoms with E-state index in [4.69, 9.17) is 28.0 Å².